The molecule has 10 heteroatoms. The number of carbonyl (C=O) groups excluding carboxylic acids is 1. The van der Waals surface area contributed by atoms with E-state index >= 15 is 0 Å². The van der Waals surface area contributed by atoms with Crippen LogP contribution in [0.5, 0.6) is 0 Å². The number of nitrogen functional groups attached to an aromatic ring is 1. The van der Waals surface area contributed by atoms with E-state index in [2.05, 4.69) is 4.98 Å². The van der Waals surface area contributed by atoms with Crippen molar-refractivity contribution in [1.82, 2.24) is 9.55 Å². The van der Waals surface area contributed by atoms with E-state index in [1.54, 1.807) is 0 Å². The first-order valence-electron chi connectivity index (χ1n) is 7.05. The molecule has 0 amide bonds. The molecule has 0 aromatic carbocycles. The smallest absolute Gasteiger partial charge is 0.351 e. The van der Waals surface area contributed by atoms with Gasteiger partial charge in [-0.05, 0) is 6.42 Å². The lowest BCUT2D eigenvalue weighted by atomic mass is 10.3. The van der Waals surface area contributed by atoms with Gasteiger partial charge in [-0.1, -0.05) is 6.92 Å². The van der Waals surface area contributed by atoms with Gasteiger partial charge in [-0.25, -0.2) is 9.18 Å². The summed E-state index contributed by atoms with van der Waals surface area (Å²) in [7, 11) is 0. The molecule has 8 nitrogen and oxygen atoms in total. The van der Waals surface area contributed by atoms with Gasteiger partial charge >= 0.3 is 11.7 Å². The summed E-state index contributed by atoms with van der Waals surface area (Å²) in [6, 6.07) is 0. The lowest BCUT2D eigenvalue weighted by molar-refractivity contribution is -0.158. The van der Waals surface area contributed by atoms with Crippen LogP contribution in [0.15, 0.2) is 11.0 Å². The number of nitrogens with two attached hydrogens (primary N) is 1. The van der Waals surface area contributed by atoms with Crippen molar-refractivity contribution < 1.29 is 23.4 Å². The fraction of sp³-hybridized carbons (Fsp3) is 0.615. The fourth-order valence-corrected chi connectivity index (χ4v) is 2.89. The van der Waals surface area contributed by atoms with E-state index in [-0.39, 0.29) is 24.8 Å². The molecule has 128 valence electrons. The van der Waals surface area contributed by atoms with E-state index in [0.29, 0.717) is 18.6 Å². The second-order valence-corrected chi connectivity index (χ2v) is 5.96. The highest BCUT2D eigenvalue weighted by atomic mass is 32.2. The molecule has 2 atom stereocenters. The third kappa shape index (κ3) is 4.91. The molecule has 0 saturated carbocycles. The van der Waals surface area contributed by atoms with Gasteiger partial charge in [0.05, 0.1) is 12.8 Å². The number of nitrogens with zero attached hydrogens (tertiary/aromatic N) is 2. The predicted molar refractivity (Wildman–Crippen MR) is 81.1 cm³/mol. The van der Waals surface area contributed by atoms with Crippen LogP contribution >= 0.6 is 11.8 Å². The van der Waals surface area contributed by atoms with Gasteiger partial charge in [-0.2, -0.15) is 4.98 Å². The minimum absolute atomic E-state index is 0.151. The number of esters is 1. The number of carbonyl (C=O) groups is 1. The largest absolute Gasteiger partial charge is 0.438 e. The maximum absolute atomic E-state index is 13.4. The molecule has 1 aliphatic rings. The van der Waals surface area contributed by atoms with Gasteiger partial charge in [0.1, 0.15) is 11.7 Å². The topological polar surface area (TPSA) is 106 Å². The third-order valence-electron chi connectivity index (χ3n) is 2.99. The average molecular weight is 347 g/mol. The summed E-state index contributed by atoms with van der Waals surface area (Å²) in [5.74, 6) is -1.10. The highest BCUT2D eigenvalue weighted by Crippen LogP contribution is 2.31. The number of halogens is 1. The molecule has 2 N–H and O–H groups in total. The molecule has 2 rings (SSSR count). The first-order valence-corrected chi connectivity index (χ1v) is 8.10. The van der Waals surface area contributed by atoms with Crippen molar-refractivity contribution in [2.45, 2.75) is 31.4 Å². The van der Waals surface area contributed by atoms with E-state index in [1.165, 1.54) is 11.8 Å². The molecule has 0 bridgehead atoms. The lowest BCUT2D eigenvalue weighted by Gasteiger charge is -2.15. The van der Waals surface area contributed by atoms with Crippen molar-refractivity contribution in [2.75, 3.05) is 24.9 Å². The van der Waals surface area contributed by atoms with Crippen molar-refractivity contribution in [3.63, 3.8) is 0 Å². The molecule has 0 radical (unpaired) electrons. The number of ether oxygens (including phenoxy) is 3. The van der Waals surface area contributed by atoms with Gasteiger partial charge < -0.3 is 19.9 Å². The summed E-state index contributed by atoms with van der Waals surface area (Å²) >= 11 is 1.40. The first-order chi connectivity index (χ1) is 11.0. The number of hydrogen-bond acceptors (Lipinski definition) is 8. The molecule has 1 aromatic rings. The monoisotopic (exact) mass is 347 g/mol. The van der Waals surface area contributed by atoms with Crippen molar-refractivity contribution in [1.29, 1.82) is 0 Å². The van der Waals surface area contributed by atoms with Crippen molar-refractivity contribution >= 4 is 23.5 Å². The molecule has 1 saturated heterocycles. The summed E-state index contributed by atoms with van der Waals surface area (Å²) in [5, 5.41) is 0. The molecular weight excluding hydrogens is 329 g/mol. The van der Waals surface area contributed by atoms with Crippen LogP contribution < -0.4 is 11.4 Å². The Balaban J connectivity index is 1.79. The minimum atomic E-state index is -0.777. The molecule has 2 heterocycles. The minimum Gasteiger partial charge on any atom is -0.438 e. The molecule has 1 aromatic heterocycles. The Bertz CT molecular complexity index is 612. The maximum Gasteiger partial charge on any atom is 0.351 e. The number of aromatic nitrogens is 2. The SMILES string of the molecule is CCCC(=O)OCOCC1OC(n2cc(F)c(N)nc2=O)CS1. The van der Waals surface area contributed by atoms with Crippen LogP contribution in [0.25, 0.3) is 0 Å². The van der Waals surface area contributed by atoms with Crippen LogP contribution in [0.3, 0.4) is 0 Å². The van der Waals surface area contributed by atoms with Crippen LogP contribution in [-0.4, -0.2) is 40.1 Å². The summed E-state index contributed by atoms with van der Waals surface area (Å²) in [6.07, 6.45) is 1.39. The number of hydrogen-bond donors (Lipinski definition) is 1. The fourth-order valence-electron chi connectivity index (χ4n) is 1.87. The van der Waals surface area contributed by atoms with Crippen LogP contribution in [0.1, 0.15) is 26.0 Å². The van der Waals surface area contributed by atoms with Crippen molar-refractivity contribution in [3.8, 4) is 0 Å². The zero-order valence-electron chi connectivity index (χ0n) is 12.6. The highest BCUT2D eigenvalue weighted by molar-refractivity contribution is 8.00. The Labute approximate surface area is 136 Å². The molecular formula is C13H18FN3O5S. The summed E-state index contributed by atoms with van der Waals surface area (Å²) < 4.78 is 30.1. The van der Waals surface area contributed by atoms with E-state index in [9.17, 15) is 14.0 Å². The van der Waals surface area contributed by atoms with Crippen LogP contribution in [0.2, 0.25) is 0 Å². The number of thioether (sulfide) groups is 1. The number of anilines is 1. The Morgan fingerprint density at radius 2 is 2.43 bits per heavy atom. The highest BCUT2D eigenvalue weighted by Gasteiger charge is 2.28. The predicted octanol–water partition coefficient (Wildman–Crippen LogP) is 0.870. The number of rotatable bonds is 7. The summed E-state index contributed by atoms with van der Waals surface area (Å²) in [4.78, 5) is 26.2. The van der Waals surface area contributed by atoms with E-state index in [0.717, 1.165) is 10.8 Å². The summed E-state index contributed by atoms with van der Waals surface area (Å²) in [5.41, 5.74) is 4.21. The molecule has 2 unspecified atom stereocenters. The Morgan fingerprint density at radius 3 is 3.17 bits per heavy atom. The van der Waals surface area contributed by atoms with E-state index in [4.69, 9.17) is 19.9 Å². The lowest BCUT2D eigenvalue weighted by Crippen LogP contribution is -2.30. The zero-order chi connectivity index (χ0) is 16.8. The van der Waals surface area contributed by atoms with Crippen molar-refractivity contribution in [2.24, 2.45) is 0 Å². The van der Waals surface area contributed by atoms with Crippen LogP contribution in [0.4, 0.5) is 10.2 Å². The normalized spacial score (nSPS) is 20.6. The van der Waals surface area contributed by atoms with Gasteiger partial charge in [-0.3, -0.25) is 9.36 Å². The molecule has 23 heavy (non-hydrogen) atoms. The molecule has 1 fully saturated rings. The molecule has 0 aliphatic carbocycles. The third-order valence-corrected chi connectivity index (χ3v) is 4.09. The molecule has 1 aliphatic heterocycles. The second kappa shape index (κ2) is 8.27. The van der Waals surface area contributed by atoms with E-state index < -0.39 is 23.6 Å². The van der Waals surface area contributed by atoms with Crippen LogP contribution in [0, 0.1) is 5.82 Å². The van der Waals surface area contributed by atoms with Gasteiger partial charge in [0.15, 0.2) is 18.4 Å². The van der Waals surface area contributed by atoms with Crippen LogP contribution in [-0.2, 0) is 19.0 Å². The van der Waals surface area contributed by atoms with Gasteiger partial charge in [0.25, 0.3) is 0 Å². The molecule has 0 spiro atoms. The quantitative estimate of drug-likeness (QED) is 0.440. The van der Waals surface area contributed by atoms with Gasteiger partial charge in [0.2, 0.25) is 0 Å². The van der Waals surface area contributed by atoms with Crippen molar-refractivity contribution in [3.05, 3.63) is 22.5 Å². The standard InChI is InChI=1S/C13H18FN3O5S/c1-2-3-10(18)21-7-20-5-11-22-9(6-23-11)17-4-8(14)12(15)16-13(17)19/h4,9,11H,2-3,5-7H2,1H3,(H2,15,16,19). The Morgan fingerprint density at radius 1 is 1.65 bits per heavy atom. The Kier molecular flexibility index (Phi) is 6.37. The Hall–Kier alpha value is -1.65. The second-order valence-electron chi connectivity index (χ2n) is 4.77. The zero-order valence-corrected chi connectivity index (χ0v) is 13.4. The van der Waals surface area contributed by atoms with Gasteiger partial charge in [0, 0.05) is 12.2 Å². The average Bonchev–Trinajstić information content (AvgIpc) is 2.96. The van der Waals surface area contributed by atoms with E-state index in [1.807, 2.05) is 6.92 Å². The maximum atomic E-state index is 13.4. The first kappa shape index (κ1) is 17.7. The van der Waals surface area contributed by atoms with Gasteiger partial charge in [-0.15, -0.1) is 11.8 Å². The summed E-state index contributed by atoms with van der Waals surface area (Å²) in [6.45, 7) is 1.91.